The van der Waals surface area contributed by atoms with Crippen LogP contribution in [0.3, 0.4) is 0 Å². The van der Waals surface area contributed by atoms with Crippen molar-refractivity contribution < 1.29 is 23.8 Å². The molecule has 8 heteroatoms. The van der Waals surface area contributed by atoms with Gasteiger partial charge in [0.2, 0.25) is 0 Å². The highest BCUT2D eigenvalue weighted by molar-refractivity contribution is 6.81. The molecule has 1 fully saturated rings. The maximum atomic E-state index is 13.0. The molecule has 31 heavy (non-hydrogen) atoms. The van der Waals surface area contributed by atoms with Crippen LogP contribution in [0.4, 0.5) is 4.79 Å². The van der Waals surface area contributed by atoms with Gasteiger partial charge in [0.25, 0.3) is 0 Å². The molecule has 1 heterocycles. The van der Waals surface area contributed by atoms with Gasteiger partial charge in [-0.05, 0) is 58.3 Å². The molecule has 1 N–H and O–H groups in total. The Labute approximate surface area is 192 Å². The fourth-order valence-corrected chi connectivity index (χ4v) is 5.55. The number of nitrogens with zero attached hydrogens (tertiary/aromatic N) is 1. The highest BCUT2D eigenvalue weighted by Crippen LogP contribution is 2.38. The predicted octanol–water partition coefficient (Wildman–Crippen LogP) is 5.54. The standard InChI is InChI=1S/C23H47NO5Si2/c1-21(2,3)29-20(26)24-18(15-27-23(24,7)8)19(25)17(16-30(9,10)11)14-28-31(12,13)22(4,5)6/h16,18-19,25H,14-15H2,1-13H3/b17-16+/t18-,19+/m0/s1. The summed E-state index contributed by atoms with van der Waals surface area (Å²) >= 11 is 0. The summed E-state index contributed by atoms with van der Waals surface area (Å²) in [4.78, 5) is 14.6. The maximum Gasteiger partial charge on any atom is 0.413 e. The third-order valence-corrected chi connectivity index (χ3v) is 11.6. The lowest BCUT2D eigenvalue weighted by molar-refractivity contribution is -0.0666. The molecule has 0 spiro atoms. The smallest absolute Gasteiger partial charge is 0.413 e. The molecule has 1 aliphatic heterocycles. The minimum Gasteiger partial charge on any atom is -0.444 e. The van der Waals surface area contributed by atoms with Crippen molar-refractivity contribution in [3.8, 4) is 0 Å². The van der Waals surface area contributed by atoms with E-state index in [1.54, 1.807) is 4.90 Å². The molecular formula is C23H47NO5Si2. The van der Waals surface area contributed by atoms with Crippen LogP contribution in [0.2, 0.25) is 37.8 Å². The van der Waals surface area contributed by atoms with Gasteiger partial charge in [-0.15, -0.1) is 0 Å². The number of carbonyl (C=O) groups is 1. The Bertz CT molecular complexity index is 669. The molecule has 1 rings (SSSR count). The first-order valence-corrected chi connectivity index (χ1v) is 17.8. The number of hydrogen-bond donors (Lipinski definition) is 1. The largest absolute Gasteiger partial charge is 0.444 e. The number of hydrogen-bond acceptors (Lipinski definition) is 5. The van der Waals surface area contributed by atoms with Crippen molar-refractivity contribution in [3.05, 3.63) is 11.3 Å². The quantitative estimate of drug-likeness (QED) is 0.513. The van der Waals surface area contributed by atoms with Crippen LogP contribution in [0.25, 0.3) is 0 Å². The maximum absolute atomic E-state index is 13.0. The van der Waals surface area contributed by atoms with E-state index in [1.165, 1.54) is 0 Å². The van der Waals surface area contributed by atoms with Gasteiger partial charge in [0, 0.05) is 0 Å². The van der Waals surface area contributed by atoms with E-state index in [-0.39, 0.29) is 11.6 Å². The second-order valence-corrected chi connectivity index (χ2v) is 22.6. The number of amides is 1. The Morgan fingerprint density at radius 2 is 1.68 bits per heavy atom. The van der Waals surface area contributed by atoms with Crippen LogP contribution in [0.1, 0.15) is 55.4 Å². The lowest BCUT2D eigenvalue weighted by Crippen LogP contribution is -2.54. The molecule has 0 bridgehead atoms. The van der Waals surface area contributed by atoms with Gasteiger partial charge in [-0.3, -0.25) is 4.90 Å². The summed E-state index contributed by atoms with van der Waals surface area (Å²) < 4.78 is 18.0. The van der Waals surface area contributed by atoms with Crippen molar-refractivity contribution >= 4 is 22.5 Å². The Kier molecular flexibility index (Phi) is 8.50. The van der Waals surface area contributed by atoms with Crippen molar-refractivity contribution in [2.24, 2.45) is 0 Å². The number of carbonyl (C=O) groups excluding carboxylic acids is 1. The van der Waals surface area contributed by atoms with Crippen LogP contribution in [0, 0.1) is 0 Å². The molecule has 2 atom stereocenters. The van der Waals surface area contributed by atoms with Gasteiger partial charge in [0.05, 0.1) is 33.4 Å². The van der Waals surface area contributed by atoms with E-state index in [4.69, 9.17) is 13.9 Å². The Hall–Kier alpha value is -0.676. The molecule has 0 radical (unpaired) electrons. The first-order valence-electron chi connectivity index (χ1n) is 11.3. The minimum absolute atomic E-state index is 0.0727. The molecule has 0 saturated carbocycles. The van der Waals surface area contributed by atoms with E-state index in [2.05, 4.69) is 59.2 Å². The second-order valence-electron chi connectivity index (χ2n) is 12.8. The third kappa shape index (κ3) is 8.00. The van der Waals surface area contributed by atoms with Gasteiger partial charge in [0.15, 0.2) is 8.32 Å². The zero-order valence-corrected chi connectivity index (χ0v) is 24.2. The molecule has 0 aromatic heterocycles. The summed E-state index contributed by atoms with van der Waals surface area (Å²) in [5.41, 5.74) is 1.54. The van der Waals surface area contributed by atoms with Gasteiger partial charge in [-0.25, -0.2) is 4.79 Å². The highest BCUT2D eigenvalue weighted by Gasteiger charge is 2.49. The average Bonchev–Trinajstić information content (AvgIpc) is 2.82. The van der Waals surface area contributed by atoms with Crippen LogP contribution in [-0.4, -0.2) is 69.2 Å². The molecule has 182 valence electrons. The van der Waals surface area contributed by atoms with Crippen LogP contribution >= 0.6 is 0 Å². The molecule has 0 unspecified atom stereocenters. The second kappa shape index (κ2) is 9.29. The molecular weight excluding hydrogens is 426 g/mol. The van der Waals surface area contributed by atoms with Crippen molar-refractivity contribution in [2.75, 3.05) is 13.2 Å². The molecule has 1 saturated heterocycles. The lowest BCUT2D eigenvalue weighted by atomic mass is 10.0. The molecule has 0 aromatic rings. The van der Waals surface area contributed by atoms with E-state index in [0.717, 1.165) is 5.57 Å². The summed E-state index contributed by atoms with van der Waals surface area (Å²) in [6.45, 7) is 27.5. The number of aliphatic hydroxyl groups is 1. The predicted molar refractivity (Wildman–Crippen MR) is 132 cm³/mol. The van der Waals surface area contributed by atoms with E-state index in [0.29, 0.717) is 6.61 Å². The topological polar surface area (TPSA) is 68.2 Å². The first kappa shape index (κ1) is 28.4. The van der Waals surface area contributed by atoms with Crippen molar-refractivity contribution in [1.29, 1.82) is 0 Å². The summed E-state index contributed by atoms with van der Waals surface area (Å²) in [6.07, 6.45) is -1.36. The normalized spacial score (nSPS) is 21.9. The zero-order chi connectivity index (χ0) is 24.6. The zero-order valence-electron chi connectivity index (χ0n) is 22.2. The Balaban J connectivity index is 3.24. The molecule has 6 nitrogen and oxygen atoms in total. The van der Waals surface area contributed by atoms with Gasteiger partial charge in [-0.2, -0.15) is 0 Å². The summed E-state index contributed by atoms with van der Waals surface area (Å²) in [5, 5.41) is 11.6. The van der Waals surface area contributed by atoms with Crippen molar-refractivity contribution in [2.45, 2.75) is 117 Å². The summed E-state index contributed by atoms with van der Waals surface area (Å²) in [7, 11) is -3.66. The Morgan fingerprint density at radius 1 is 1.16 bits per heavy atom. The van der Waals surface area contributed by atoms with E-state index >= 15 is 0 Å². The summed E-state index contributed by atoms with van der Waals surface area (Å²) in [5.74, 6) is 0. The van der Waals surface area contributed by atoms with Gasteiger partial charge in [0.1, 0.15) is 11.3 Å². The third-order valence-electron chi connectivity index (χ3n) is 5.88. The van der Waals surface area contributed by atoms with Crippen molar-refractivity contribution in [3.63, 3.8) is 0 Å². The van der Waals surface area contributed by atoms with Crippen LogP contribution in [0.5, 0.6) is 0 Å². The van der Waals surface area contributed by atoms with E-state index in [1.807, 2.05) is 34.6 Å². The lowest BCUT2D eigenvalue weighted by Gasteiger charge is -2.39. The minimum atomic E-state index is -2.00. The van der Waals surface area contributed by atoms with Crippen LogP contribution < -0.4 is 0 Å². The van der Waals surface area contributed by atoms with Gasteiger partial charge < -0.3 is 19.0 Å². The molecule has 0 aliphatic carbocycles. The Morgan fingerprint density at radius 3 is 2.10 bits per heavy atom. The van der Waals surface area contributed by atoms with Crippen molar-refractivity contribution in [1.82, 2.24) is 4.90 Å². The average molecular weight is 474 g/mol. The summed E-state index contributed by atoms with van der Waals surface area (Å²) in [6, 6.07) is -0.532. The fraction of sp³-hybridized carbons (Fsp3) is 0.870. The number of rotatable bonds is 6. The number of ether oxygens (including phenoxy) is 2. The van der Waals surface area contributed by atoms with Crippen LogP contribution in [0.15, 0.2) is 11.3 Å². The first-order chi connectivity index (χ1) is 13.6. The number of aliphatic hydroxyl groups excluding tert-OH is 1. The van der Waals surface area contributed by atoms with Crippen LogP contribution in [-0.2, 0) is 13.9 Å². The van der Waals surface area contributed by atoms with Gasteiger partial charge in [-0.1, -0.05) is 46.1 Å². The van der Waals surface area contributed by atoms with E-state index < -0.39 is 46.0 Å². The molecule has 0 aromatic carbocycles. The monoisotopic (exact) mass is 473 g/mol. The van der Waals surface area contributed by atoms with Gasteiger partial charge >= 0.3 is 6.09 Å². The molecule has 1 aliphatic rings. The SMILES string of the molecule is CC(C)(C)OC(=O)N1[C@H]([C@H](O)/C(=C/[Si](C)(C)C)CO[Si](C)(C)C(C)(C)C)COC1(C)C. The molecule has 1 amide bonds. The van der Waals surface area contributed by atoms with E-state index in [9.17, 15) is 9.90 Å². The highest BCUT2D eigenvalue weighted by atomic mass is 28.4. The fourth-order valence-electron chi connectivity index (χ4n) is 3.23.